The molecule has 0 atom stereocenters. The fourth-order valence-corrected chi connectivity index (χ4v) is 2.72. The average molecular weight is 453 g/mol. The fraction of sp³-hybridized carbons (Fsp3) is 0.130. The Bertz CT molecular complexity index is 1130. The van der Waals surface area contributed by atoms with Crippen LogP contribution in [0.3, 0.4) is 0 Å². The van der Waals surface area contributed by atoms with E-state index in [1.165, 1.54) is 12.3 Å². The lowest BCUT2D eigenvalue weighted by Gasteiger charge is -2.10. The van der Waals surface area contributed by atoms with Gasteiger partial charge in [-0.3, -0.25) is 4.79 Å². The van der Waals surface area contributed by atoms with Crippen LogP contribution in [-0.2, 0) is 4.79 Å². The van der Waals surface area contributed by atoms with Crippen LogP contribution in [0.2, 0.25) is 5.02 Å². The van der Waals surface area contributed by atoms with Gasteiger partial charge in [-0.1, -0.05) is 35.9 Å². The second kappa shape index (κ2) is 11.5. The summed E-state index contributed by atoms with van der Waals surface area (Å²) in [6.07, 6.45) is 1.30. The van der Waals surface area contributed by atoms with Crippen molar-refractivity contribution in [2.75, 3.05) is 13.2 Å². The maximum absolute atomic E-state index is 12.0. The number of phenols is 1. The van der Waals surface area contributed by atoms with Crippen molar-refractivity contribution >= 4 is 35.1 Å². The number of para-hydroxylation sites is 2. The first kappa shape index (κ1) is 22.8. The maximum atomic E-state index is 12.0. The number of halogens is 1. The number of amides is 1. The number of hydrogen-bond acceptors (Lipinski definition) is 7. The van der Waals surface area contributed by atoms with Crippen LogP contribution in [0.1, 0.15) is 12.5 Å². The molecule has 0 aliphatic carbocycles. The van der Waals surface area contributed by atoms with Crippen molar-refractivity contribution in [3.05, 3.63) is 77.3 Å². The van der Waals surface area contributed by atoms with Crippen LogP contribution in [0.25, 0.3) is 0 Å². The molecule has 0 heterocycles. The van der Waals surface area contributed by atoms with Gasteiger partial charge < -0.3 is 14.6 Å². The molecule has 0 aliphatic heterocycles. The van der Waals surface area contributed by atoms with E-state index in [2.05, 4.69) is 20.8 Å². The summed E-state index contributed by atoms with van der Waals surface area (Å²) in [6, 6.07) is 18.7. The Morgan fingerprint density at radius 3 is 2.50 bits per heavy atom. The molecule has 8 nitrogen and oxygen atoms in total. The molecule has 0 fully saturated rings. The van der Waals surface area contributed by atoms with Crippen molar-refractivity contribution in [3.8, 4) is 17.2 Å². The smallest absolute Gasteiger partial charge is 0.277 e. The van der Waals surface area contributed by atoms with Crippen LogP contribution in [0, 0.1) is 0 Å². The Hall–Kier alpha value is -3.91. The number of aromatic hydroxyl groups is 1. The van der Waals surface area contributed by atoms with Crippen molar-refractivity contribution in [2.24, 2.45) is 15.3 Å². The lowest BCUT2D eigenvalue weighted by molar-refractivity contribution is -0.123. The van der Waals surface area contributed by atoms with Crippen LogP contribution in [0.15, 0.2) is 82.1 Å². The molecular formula is C23H21ClN4O4. The first-order valence-electron chi connectivity index (χ1n) is 9.72. The number of phenolic OH excluding ortho intramolecular Hbond substituents is 1. The van der Waals surface area contributed by atoms with Crippen molar-refractivity contribution in [1.82, 2.24) is 5.43 Å². The summed E-state index contributed by atoms with van der Waals surface area (Å²) in [5.74, 6) is 0.518. The summed E-state index contributed by atoms with van der Waals surface area (Å²) in [7, 11) is 0. The van der Waals surface area contributed by atoms with Crippen LogP contribution in [0.4, 0.5) is 11.4 Å². The molecule has 2 N–H and O–H groups in total. The monoisotopic (exact) mass is 452 g/mol. The average Bonchev–Trinajstić information content (AvgIpc) is 2.80. The van der Waals surface area contributed by atoms with Gasteiger partial charge in [0.25, 0.3) is 5.91 Å². The third kappa shape index (κ3) is 6.55. The van der Waals surface area contributed by atoms with E-state index >= 15 is 0 Å². The maximum Gasteiger partial charge on any atom is 0.277 e. The topological polar surface area (TPSA) is 105 Å². The van der Waals surface area contributed by atoms with Crippen molar-refractivity contribution in [1.29, 1.82) is 0 Å². The van der Waals surface area contributed by atoms with Gasteiger partial charge >= 0.3 is 0 Å². The Morgan fingerprint density at radius 1 is 1.03 bits per heavy atom. The molecule has 0 radical (unpaired) electrons. The molecule has 0 bridgehead atoms. The first-order chi connectivity index (χ1) is 15.6. The first-order valence-corrected chi connectivity index (χ1v) is 10.1. The number of azo groups is 1. The summed E-state index contributed by atoms with van der Waals surface area (Å²) < 4.78 is 10.9. The molecule has 0 aliphatic rings. The number of hydrazone groups is 1. The van der Waals surface area contributed by atoms with Crippen LogP contribution in [-0.4, -0.2) is 30.4 Å². The number of hydrogen-bond donors (Lipinski definition) is 2. The summed E-state index contributed by atoms with van der Waals surface area (Å²) in [5, 5.41) is 22.6. The Kier molecular flexibility index (Phi) is 8.16. The highest BCUT2D eigenvalue weighted by Gasteiger charge is 2.07. The second-order valence-electron chi connectivity index (χ2n) is 6.36. The molecule has 0 aromatic heterocycles. The lowest BCUT2D eigenvalue weighted by atomic mass is 10.2. The number of benzene rings is 3. The van der Waals surface area contributed by atoms with Gasteiger partial charge in [0, 0.05) is 5.56 Å². The summed E-state index contributed by atoms with van der Waals surface area (Å²) >= 11 is 6.06. The van der Waals surface area contributed by atoms with E-state index in [1.807, 2.05) is 13.0 Å². The highest BCUT2D eigenvalue weighted by atomic mass is 35.5. The molecule has 0 saturated carbocycles. The van der Waals surface area contributed by atoms with Crippen LogP contribution < -0.4 is 14.9 Å². The molecule has 0 saturated heterocycles. The minimum Gasteiger partial charge on any atom is -0.507 e. The number of rotatable bonds is 9. The predicted molar refractivity (Wildman–Crippen MR) is 123 cm³/mol. The van der Waals surface area contributed by atoms with Crippen molar-refractivity contribution in [2.45, 2.75) is 6.92 Å². The van der Waals surface area contributed by atoms with Gasteiger partial charge in [0.05, 0.1) is 23.5 Å². The fourth-order valence-electron chi connectivity index (χ4n) is 2.55. The van der Waals surface area contributed by atoms with Crippen LogP contribution in [0.5, 0.6) is 17.2 Å². The Balaban J connectivity index is 1.58. The zero-order valence-electron chi connectivity index (χ0n) is 17.2. The Labute approximate surface area is 190 Å². The molecular weight excluding hydrogens is 432 g/mol. The van der Waals surface area contributed by atoms with E-state index in [0.717, 1.165) is 0 Å². The zero-order chi connectivity index (χ0) is 22.8. The predicted octanol–water partition coefficient (Wildman–Crippen LogP) is 5.39. The van der Waals surface area contributed by atoms with Gasteiger partial charge in [-0.05, 0) is 49.4 Å². The third-order valence-electron chi connectivity index (χ3n) is 4.04. The zero-order valence-corrected chi connectivity index (χ0v) is 18.0. The Morgan fingerprint density at radius 2 is 1.75 bits per heavy atom. The van der Waals surface area contributed by atoms with Crippen molar-refractivity contribution < 1.29 is 19.4 Å². The molecule has 0 unspecified atom stereocenters. The number of nitrogens with zero attached hydrogens (tertiary/aromatic N) is 3. The summed E-state index contributed by atoms with van der Waals surface area (Å²) in [6.45, 7) is 2.09. The van der Waals surface area contributed by atoms with E-state index in [9.17, 15) is 9.90 Å². The van der Waals surface area contributed by atoms with E-state index < -0.39 is 5.91 Å². The van der Waals surface area contributed by atoms with Crippen LogP contribution >= 0.6 is 11.6 Å². The highest BCUT2D eigenvalue weighted by Crippen LogP contribution is 2.28. The molecule has 0 spiro atoms. The number of carbonyl (C=O) groups is 1. The standard InChI is InChI=1S/C23H21ClN4O4/c1-2-31-21-9-5-6-10-22(21)32-15-23(30)28-25-14-16-13-17(11-12-20(16)29)26-27-19-8-4-3-7-18(19)24/h3-14,29H,2,15H2,1H3,(H,28,30)/b25-14+,27-26?. The van der Waals surface area contributed by atoms with E-state index in [0.29, 0.717) is 40.1 Å². The van der Waals surface area contributed by atoms with Gasteiger partial charge in [-0.25, -0.2) is 5.43 Å². The molecule has 32 heavy (non-hydrogen) atoms. The molecule has 9 heteroatoms. The lowest BCUT2D eigenvalue weighted by Crippen LogP contribution is -2.24. The number of nitrogens with one attached hydrogen (secondary N) is 1. The van der Waals surface area contributed by atoms with E-state index in [4.69, 9.17) is 21.1 Å². The summed E-state index contributed by atoms with van der Waals surface area (Å²) in [5.41, 5.74) is 3.70. The summed E-state index contributed by atoms with van der Waals surface area (Å²) in [4.78, 5) is 12.0. The van der Waals surface area contributed by atoms with Gasteiger partial charge in [0.2, 0.25) is 0 Å². The molecule has 3 rings (SSSR count). The van der Waals surface area contributed by atoms with Gasteiger partial charge in [0.15, 0.2) is 18.1 Å². The van der Waals surface area contributed by atoms with Crippen molar-refractivity contribution in [3.63, 3.8) is 0 Å². The van der Waals surface area contributed by atoms with Gasteiger partial charge in [0.1, 0.15) is 11.4 Å². The third-order valence-corrected chi connectivity index (χ3v) is 4.36. The minimum atomic E-state index is -0.471. The second-order valence-corrected chi connectivity index (χ2v) is 6.76. The van der Waals surface area contributed by atoms with Gasteiger partial charge in [-0.2, -0.15) is 10.2 Å². The molecule has 3 aromatic carbocycles. The largest absolute Gasteiger partial charge is 0.507 e. The quantitative estimate of drug-likeness (QED) is 0.258. The van der Waals surface area contributed by atoms with Gasteiger partial charge in [-0.15, -0.1) is 5.11 Å². The number of carbonyl (C=O) groups excluding carboxylic acids is 1. The normalized spacial score (nSPS) is 11.1. The SMILES string of the molecule is CCOc1ccccc1OCC(=O)N/N=C/c1cc(N=Nc2ccccc2Cl)ccc1O. The molecule has 1 amide bonds. The highest BCUT2D eigenvalue weighted by molar-refractivity contribution is 6.32. The van der Waals surface area contributed by atoms with E-state index in [1.54, 1.807) is 54.6 Å². The number of ether oxygens (including phenoxy) is 2. The van der Waals surface area contributed by atoms with E-state index in [-0.39, 0.29) is 12.4 Å². The minimum absolute atomic E-state index is 0.0263. The molecule has 164 valence electrons. The molecule has 3 aromatic rings.